The molecule has 0 saturated carbocycles. The number of methoxy groups -OCH3 is 1. The lowest BCUT2D eigenvalue weighted by atomic mass is 9.81. The molecule has 0 N–H and O–H groups in total. The van der Waals surface area contributed by atoms with Gasteiger partial charge in [-0.15, -0.1) is 0 Å². The summed E-state index contributed by atoms with van der Waals surface area (Å²) in [5.74, 6) is 0.789. The van der Waals surface area contributed by atoms with E-state index >= 15 is 0 Å². The fourth-order valence-electron chi connectivity index (χ4n) is 4.23. The summed E-state index contributed by atoms with van der Waals surface area (Å²) < 4.78 is 6.56. The van der Waals surface area contributed by atoms with E-state index in [-0.39, 0.29) is 24.0 Å². The maximum Gasteiger partial charge on any atom is 0.141 e. The van der Waals surface area contributed by atoms with Crippen LogP contribution in [0.15, 0.2) is 36.4 Å². The Bertz CT molecular complexity index is 748. The molecule has 0 bridgehead atoms. The van der Waals surface area contributed by atoms with E-state index in [1.165, 1.54) is 41.8 Å². The molecule has 23 heavy (non-hydrogen) atoms. The van der Waals surface area contributed by atoms with Crippen LogP contribution in [0.4, 0.5) is 0 Å². The quantitative estimate of drug-likeness (QED) is 0.474. The van der Waals surface area contributed by atoms with E-state index < -0.39 is 0 Å². The number of ether oxygens (including phenoxy) is 1. The molecule has 2 aromatic carbocycles. The van der Waals surface area contributed by atoms with Crippen molar-refractivity contribution in [3.05, 3.63) is 63.7 Å². The molecule has 0 spiro atoms. The summed E-state index contributed by atoms with van der Waals surface area (Å²) in [6.07, 6.45) is 2.26. The maximum atomic E-state index is 6.34. The maximum absolute atomic E-state index is 6.34. The van der Waals surface area contributed by atoms with Crippen molar-refractivity contribution < 1.29 is 33.2 Å². The van der Waals surface area contributed by atoms with E-state index in [2.05, 4.69) is 43.4 Å². The molecule has 0 aromatic heterocycles. The fourth-order valence-corrected chi connectivity index (χ4v) is 4.49. The predicted octanol–water partition coefficient (Wildman–Crippen LogP) is 1.00. The first-order valence-electron chi connectivity index (χ1n) is 7.91. The van der Waals surface area contributed by atoms with Gasteiger partial charge in [-0.2, -0.15) is 0 Å². The van der Waals surface area contributed by atoms with Gasteiger partial charge < -0.3 is 33.2 Å². The van der Waals surface area contributed by atoms with Crippen LogP contribution in [-0.4, -0.2) is 31.7 Å². The Balaban J connectivity index is 0.00000156. The van der Waals surface area contributed by atoms with Crippen LogP contribution in [0.5, 0.6) is 5.75 Å². The van der Waals surface area contributed by atoms with Crippen molar-refractivity contribution in [2.24, 2.45) is 0 Å². The molecule has 4 heteroatoms. The van der Waals surface area contributed by atoms with Gasteiger partial charge in [0.25, 0.3) is 0 Å². The highest BCUT2D eigenvalue weighted by Crippen LogP contribution is 2.46. The molecule has 4 rings (SSSR count). The van der Waals surface area contributed by atoms with Crippen LogP contribution in [-0.2, 0) is 12.8 Å². The normalized spacial score (nSPS) is 24.7. The van der Waals surface area contributed by atoms with E-state index in [0.29, 0.717) is 6.04 Å². The lowest BCUT2D eigenvalue weighted by molar-refractivity contribution is -0.937. The number of fused-ring (bicyclic) bond motifs is 5. The largest absolute Gasteiger partial charge is 1.00 e. The van der Waals surface area contributed by atoms with Crippen molar-refractivity contribution in [2.75, 3.05) is 27.2 Å². The molecule has 2 nitrogen and oxygen atoms in total. The summed E-state index contributed by atoms with van der Waals surface area (Å²) in [6, 6.07) is 13.6. The minimum absolute atomic E-state index is 0. The van der Waals surface area contributed by atoms with Crippen LogP contribution in [0.1, 0.15) is 28.3 Å². The van der Waals surface area contributed by atoms with Crippen molar-refractivity contribution in [3.63, 3.8) is 0 Å². The summed E-state index contributed by atoms with van der Waals surface area (Å²) in [4.78, 5) is 0. The zero-order valence-electron chi connectivity index (χ0n) is 13.5. The molecule has 0 radical (unpaired) electrons. The Labute approximate surface area is 160 Å². The average molecular weight is 442 g/mol. The van der Waals surface area contributed by atoms with Crippen LogP contribution < -0.4 is 28.7 Å². The van der Waals surface area contributed by atoms with Crippen molar-refractivity contribution >= 4 is 11.6 Å². The number of rotatable bonds is 1. The van der Waals surface area contributed by atoms with Crippen LogP contribution in [0.3, 0.4) is 0 Å². The van der Waals surface area contributed by atoms with E-state index in [1.807, 2.05) is 0 Å². The summed E-state index contributed by atoms with van der Waals surface area (Å²) in [5, 5.41) is 0.724. The average Bonchev–Trinajstić information content (AvgIpc) is 2.53. The van der Waals surface area contributed by atoms with Crippen LogP contribution in [0, 0.1) is 0 Å². The first-order valence-corrected chi connectivity index (χ1v) is 8.28. The van der Waals surface area contributed by atoms with Gasteiger partial charge in [0.2, 0.25) is 0 Å². The molecule has 0 amide bonds. The van der Waals surface area contributed by atoms with E-state index in [0.717, 1.165) is 21.7 Å². The highest BCUT2D eigenvalue weighted by molar-refractivity contribution is 6.32. The number of likely N-dealkylation sites (N-methyl/N-ethyl adjacent to an activating group) is 1. The second kappa shape index (κ2) is 6.26. The molecule has 2 heterocycles. The van der Waals surface area contributed by atoms with Gasteiger partial charge in [-0.25, -0.2) is 0 Å². The van der Waals surface area contributed by atoms with Gasteiger partial charge in [0, 0.05) is 24.0 Å². The predicted molar refractivity (Wildman–Crippen MR) is 89.6 cm³/mol. The minimum atomic E-state index is 0. The lowest BCUT2D eigenvalue weighted by Crippen LogP contribution is -3.00. The van der Waals surface area contributed by atoms with E-state index in [4.69, 9.17) is 16.3 Å². The number of halogens is 2. The van der Waals surface area contributed by atoms with Gasteiger partial charge in [-0.1, -0.05) is 35.9 Å². The second-order valence-electron chi connectivity index (χ2n) is 6.71. The third kappa shape index (κ3) is 2.67. The van der Waals surface area contributed by atoms with Crippen molar-refractivity contribution in [1.29, 1.82) is 0 Å². The van der Waals surface area contributed by atoms with Gasteiger partial charge in [0.15, 0.2) is 0 Å². The number of nitrogens with zero attached hydrogens (tertiary/aromatic N) is 1. The molecule has 122 valence electrons. The summed E-state index contributed by atoms with van der Waals surface area (Å²) >= 11 is 6.34. The number of quaternary nitrogens is 1. The molecule has 2 aromatic rings. The molecular formula is C19H21ClINO. The molecular weight excluding hydrogens is 421 g/mol. The Morgan fingerprint density at radius 3 is 2.48 bits per heavy atom. The SMILES string of the molecule is COc1cc2c(cc1Cl)CC[N+]1(C)CCc3ccccc3C21.[I-]. The van der Waals surface area contributed by atoms with Gasteiger partial charge in [-0.3, -0.25) is 0 Å². The monoisotopic (exact) mass is 441 g/mol. The van der Waals surface area contributed by atoms with E-state index in [9.17, 15) is 0 Å². The smallest absolute Gasteiger partial charge is 0.141 e. The number of hydrogen-bond donors (Lipinski definition) is 0. The highest BCUT2D eigenvalue weighted by Gasteiger charge is 2.43. The molecule has 0 fully saturated rings. The zero-order valence-corrected chi connectivity index (χ0v) is 16.4. The number of hydrogen-bond acceptors (Lipinski definition) is 1. The molecule has 0 aliphatic carbocycles. The molecule has 2 aliphatic heterocycles. The lowest BCUT2D eigenvalue weighted by Gasteiger charge is -2.49. The van der Waals surface area contributed by atoms with Crippen molar-refractivity contribution in [2.45, 2.75) is 18.9 Å². The Kier molecular flexibility index (Phi) is 4.64. The first kappa shape index (κ1) is 17.1. The minimum Gasteiger partial charge on any atom is -1.00 e. The Morgan fingerprint density at radius 2 is 1.74 bits per heavy atom. The molecule has 0 saturated heterocycles. The summed E-state index contributed by atoms with van der Waals surface area (Å²) in [7, 11) is 4.09. The van der Waals surface area contributed by atoms with Gasteiger partial charge in [-0.05, 0) is 23.3 Å². The molecule has 2 unspecified atom stereocenters. The van der Waals surface area contributed by atoms with Gasteiger partial charge in [0.05, 0.1) is 32.3 Å². The standard InChI is InChI=1S/C19H21ClNO.HI/c1-21-9-7-13-5-3-4-6-15(13)19(21)16-12-18(22-2)17(20)11-14(16)8-10-21;/h3-6,11-12,19H,7-10H2,1-2H3;1H/q+1;/p-1. The highest BCUT2D eigenvalue weighted by atomic mass is 127. The van der Waals surface area contributed by atoms with Crippen molar-refractivity contribution in [1.82, 2.24) is 0 Å². The zero-order chi connectivity index (χ0) is 15.3. The van der Waals surface area contributed by atoms with Crippen LogP contribution in [0.25, 0.3) is 0 Å². The topological polar surface area (TPSA) is 9.23 Å². The van der Waals surface area contributed by atoms with Gasteiger partial charge >= 0.3 is 0 Å². The molecule has 2 aliphatic rings. The first-order chi connectivity index (χ1) is 10.6. The molecule has 2 atom stereocenters. The van der Waals surface area contributed by atoms with Crippen molar-refractivity contribution in [3.8, 4) is 5.75 Å². The second-order valence-corrected chi connectivity index (χ2v) is 7.12. The van der Waals surface area contributed by atoms with Crippen LogP contribution >= 0.6 is 11.6 Å². The third-order valence-corrected chi connectivity index (χ3v) is 5.76. The van der Waals surface area contributed by atoms with E-state index in [1.54, 1.807) is 7.11 Å². The summed E-state index contributed by atoms with van der Waals surface area (Å²) in [6.45, 7) is 2.38. The number of benzene rings is 2. The van der Waals surface area contributed by atoms with Gasteiger partial charge in [0.1, 0.15) is 11.8 Å². The Morgan fingerprint density at radius 1 is 1.04 bits per heavy atom. The third-order valence-electron chi connectivity index (χ3n) is 5.47. The van der Waals surface area contributed by atoms with Crippen LogP contribution in [0.2, 0.25) is 5.02 Å². The summed E-state index contributed by atoms with van der Waals surface area (Å²) in [5.41, 5.74) is 5.73. The Hall–Kier alpha value is -0.780. The fraction of sp³-hybridized carbons (Fsp3) is 0.368.